The summed E-state index contributed by atoms with van der Waals surface area (Å²) in [5.74, 6) is 0.427. The minimum absolute atomic E-state index is 0.187. The van der Waals surface area contributed by atoms with E-state index in [0.29, 0.717) is 24.6 Å². The van der Waals surface area contributed by atoms with E-state index in [2.05, 4.69) is 9.88 Å². The van der Waals surface area contributed by atoms with Crippen LogP contribution in [0.5, 0.6) is 17.2 Å². The quantitative estimate of drug-likeness (QED) is 0.633. The van der Waals surface area contributed by atoms with Gasteiger partial charge in [-0.2, -0.15) is 0 Å². The molecule has 2 aromatic carbocycles. The van der Waals surface area contributed by atoms with Crippen LogP contribution in [0.2, 0.25) is 0 Å². The van der Waals surface area contributed by atoms with E-state index in [9.17, 15) is 9.90 Å². The summed E-state index contributed by atoms with van der Waals surface area (Å²) in [4.78, 5) is 19.3. The van der Waals surface area contributed by atoms with Crippen molar-refractivity contribution >= 4 is 5.97 Å². The van der Waals surface area contributed by atoms with Gasteiger partial charge in [-0.3, -0.25) is 14.7 Å². The first-order valence-electron chi connectivity index (χ1n) is 10.5. The first kappa shape index (κ1) is 20.3. The zero-order chi connectivity index (χ0) is 22.1. The number of pyridine rings is 1. The number of aliphatic carboxylic acids is 1. The summed E-state index contributed by atoms with van der Waals surface area (Å²) in [6, 6.07) is 18.9. The van der Waals surface area contributed by atoms with Crippen LogP contribution in [0.3, 0.4) is 0 Å². The fourth-order valence-corrected chi connectivity index (χ4v) is 4.77. The van der Waals surface area contributed by atoms with E-state index in [1.807, 2.05) is 60.7 Å². The summed E-state index contributed by atoms with van der Waals surface area (Å²) >= 11 is 0. The predicted molar refractivity (Wildman–Crippen MR) is 117 cm³/mol. The lowest BCUT2D eigenvalue weighted by Gasteiger charge is -2.27. The number of rotatable bonds is 6. The Morgan fingerprint density at radius 2 is 1.88 bits per heavy atom. The maximum Gasteiger partial charge on any atom is 0.309 e. The molecule has 0 amide bonds. The van der Waals surface area contributed by atoms with Gasteiger partial charge in [0.05, 0.1) is 18.7 Å². The van der Waals surface area contributed by atoms with Gasteiger partial charge in [0, 0.05) is 31.2 Å². The topological polar surface area (TPSA) is 81.1 Å². The smallest absolute Gasteiger partial charge is 0.309 e. The van der Waals surface area contributed by atoms with Gasteiger partial charge in [-0.05, 0) is 47.5 Å². The summed E-state index contributed by atoms with van der Waals surface area (Å²) < 4.78 is 16.3. The van der Waals surface area contributed by atoms with Crippen molar-refractivity contribution in [2.45, 2.75) is 18.5 Å². The minimum Gasteiger partial charge on any atom is -0.497 e. The van der Waals surface area contributed by atoms with Crippen LogP contribution in [0.4, 0.5) is 0 Å². The highest BCUT2D eigenvalue weighted by atomic mass is 16.7. The van der Waals surface area contributed by atoms with Crippen LogP contribution < -0.4 is 14.2 Å². The molecule has 3 aromatic rings. The van der Waals surface area contributed by atoms with Crippen LogP contribution in [-0.2, 0) is 11.3 Å². The third-order valence-corrected chi connectivity index (χ3v) is 6.26. The molecule has 32 heavy (non-hydrogen) atoms. The average molecular weight is 432 g/mol. The van der Waals surface area contributed by atoms with Gasteiger partial charge in [-0.15, -0.1) is 0 Å². The Hall–Kier alpha value is -3.58. The predicted octanol–water partition coefficient (Wildman–Crippen LogP) is 3.86. The Bertz CT molecular complexity index is 1100. The maximum atomic E-state index is 12.6. The maximum absolute atomic E-state index is 12.6. The van der Waals surface area contributed by atoms with Crippen molar-refractivity contribution in [3.8, 4) is 17.2 Å². The second-order valence-electron chi connectivity index (χ2n) is 8.05. The molecule has 3 atom stereocenters. The van der Waals surface area contributed by atoms with E-state index >= 15 is 0 Å². The zero-order valence-corrected chi connectivity index (χ0v) is 17.7. The number of nitrogens with zero attached hydrogens (tertiary/aromatic N) is 2. The van der Waals surface area contributed by atoms with Crippen molar-refractivity contribution in [2.75, 3.05) is 20.4 Å². The second-order valence-corrected chi connectivity index (χ2v) is 8.05. The van der Waals surface area contributed by atoms with E-state index in [4.69, 9.17) is 14.2 Å². The Balaban J connectivity index is 1.55. The fraction of sp³-hybridized carbons (Fsp3) is 0.280. The number of ether oxygens (including phenoxy) is 3. The average Bonchev–Trinajstić information content (AvgIpc) is 3.44. The van der Waals surface area contributed by atoms with Gasteiger partial charge in [0.2, 0.25) is 6.79 Å². The molecular weight excluding hydrogens is 408 g/mol. The van der Waals surface area contributed by atoms with Crippen LogP contribution in [0, 0.1) is 5.92 Å². The number of hydrogen-bond donors (Lipinski definition) is 1. The molecule has 2 aliphatic heterocycles. The number of carboxylic acid groups (broad SMARTS) is 1. The molecule has 0 saturated carbocycles. The lowest BCUT2D eigenvalue weighted by molar-refractivity contribution is -0.143. The van der Waals surface area contributed by atoms with Crippen molar-refractivity contribution in [1.82, 2.24) is 9.88 Å². The van der Waals surface area contributed by atoms with Gasteiger partial charge in [-0.1, -0.05) is 24.3 Å². The summed E-state index contributed by atoms with van der Waals surface area (Å²) in [5.41, 5.74) is 2.78. The SMILES string of the molecule is COc1ccc(C2C(C(=O)O)C(c3ccc4c(c3)OCO4)CN2Cc2ccccn2)cc1. The highest BCUT2D eigenvalue weighted by molar-refractivity contribution is 5.74. The lowest BCUT2D eigenvalue weighted by atomic mass is 9.82. The number of likely N-dealkylation sites (tertiary alicyclic amines) is 1. The van der Waals surface area contributed by atoms with Crippen LogP contribution >= 0.6 is 0 Å². The molecule has 1 fully saturated rings. The number of benzene rings is 2. The third-order valence-electron chi connectivity index (χ3n) is 6.26. The van der Waals surface area contributed by atoms with Crippen molar-refractivity contribution in [3.63, 3.8) is 0 Å². The highest BCUT2D eigenvalue weighted by Gasteiger charge is 2.47. The highest BCUT2D eigenvalue weighted by Crippen LogP contribution is 2.48. The molecule has 1 saturated heterocycles. The number of hydrogen-bond acceptors (Lipinski definition) is 6. The molecule has 2 aliphatic rings. The van der Waals surface area contributed by atoms with Crippen molar-refractivity contribution in [1.29, 1.82) is 0 Å². The van der Waals surface area contributed by atoms with Gasteiger partial charge in [0.15, 0.2) is 11.5 Å². The van der Waals surface area contributed by atoms with Gasteiger partial charge >= 0.3 is 5.97 Å². The number of methoxy groups -OCH3 is 1. The van der Waals surface area contributed by atoms with Gasteiger partial charge < -0.3 is 19.3 Å². The summed E-state index contributed by atoms with van der Waals surface area (Å²) in [7, 11) is 1.62. The Morgan fingerprint density at radius 3 is 2.59 bits per heavy atom. The lowest BCUT2D eigenvalue weighted by Crippen LogP contribution is -2.28. The summed E-state index contributed by atoms with van der Waals surface area (Å²) in [5, 5.41) is 10.3. The monoisotopic (exact) mass is 432 g/mol. The summed E-state index contributed by atoms with van der Waals surface area (Å²) in [6.07, 6.45) is 1.76. The molecular formula is C25H24N2O5. The molecule has 5 rings (SSSR count). The standard InChI is InChI=1S/C25H24N2O5/c1-30-19-8-5-16(6-9-19)24-23(25(28)29)20(14-27(24)13-18-4-2-3-11-26-18)17-7-10-21-22(12-17)32-15-31-21/h2-12,20,23-24H,13-15H2,1H3,(H,28,29). The molecule has 164 valence electrons. The molecule has 3 unspecified atom stereocenters. The van der Waals surface area contributed by atoms with E-state index in [0.717, 1.165) is 22.6 Å². The first-order valence-corrected chi connectivity index (χ1v) is 10.5. The number of aromatic nitrogens is 1. The first-order chi connectivity index (χ1) is 15.6. The van der Waals surface area contributed by atoms with Crippen LogP contribution in [0.1, 0.15) is 28.8 Å². The molecule has 3 heterocycles. The molecule has 0 bridgehead atoms. The van der Waals surface area contributed by atoms with Crippen LogP contribution in [0.25, 0.3) is 0 Å². The normalized spacial score (nSPS) is 22.1. The number of fused-ring (bicyclic) bond motifs is 1. The van der Waals surface area contributed by atoms with Crippen molar-refractivity contribution in [3.05, 3.63) is 83.7 Å². The molecule has 1 aromatic heterocycles. The molecule has 0 spiro atoms. The molecule has 0 radical (unpaired) electrons. The third kappa shape index (κ3) is 3.76. The fourth-order valence-electron chi connectivity index (χ4n) is 4.77. The van der Waals surface area contributed by atoms with Gasteiger partial charge in [-0.25, -0.2) is 0 Å². The Labute approximate surface area is 186 Å². The van der Waals surface area contributed by atoms with E-state index in [1.54, 1.807) is 13.3 Å². The zero-order valence-electron chi connectivity index (χ0n) is 17.7. The summed E-state index contributed by atoms with van der Waals surface area (Å²) in [6.45, 7) is 1.33. The van der Waals surface area contributed by atoms with E-state index in [1.165, 1.54) is 0 Å². The van der Waals surface area contributed by atoms with Crippen molar-refractivity contribution < 1.29 is 24.1 Å². The molecule has 7 heteroatoms. The van der Waals surface area contributed by atoms with Gasteiger partial charge in [0.1, 0.15) is 5.75 Å². The van der Waals surface area contributed by atoms with E-state index in [-0.39, 0.29) is 18.8 Å². The van der Waals surface area contributed by atoms with E-state index < -0.39 is 11.9 Å². The molecule has 0 aliphatic carbocycles. The second kappa shape index (κ2) is 8.51. The molecule has 1 N–H and O–H groups in total. The van der Waals surface area contributed by atoms with Gasteiger partial charge in [0.25, 0.3) is 0 Å². The van der Waals surface area contributed by atoms with Crippen LogP contribution in [0.15, 0.2) is 66.9 Å². The number of carboxylic acids is 1. The Morgan fingerprint density at radius 1 is 1.09 bits per heavy atom. The van der Waals surface area contributed by atoms with Crippen molar-refractivity contribution in [2.24, 2.45) is 5.92 Å². The largest absolute Gasteiger partial charge is 0.497 e. The Kier molecular flexibility index (Phi) is 5.41. The minimum atomic E-state index is -0.822. The van der Waals surface area contributed by atoms with Crippen LogP contribution in [-0.4, -0.2) is 41.4 Å². The molecule has 7 nitrogen and oxygen atoms in total. The number of carbonyl (C=O) groups is 1.